The summed E-state index contributed by atoms with van der Waals surface area (Å²) in [4.78, 5) is 14.5. The number of nitrogens with zero attached hydrogens (tertiary/aromatic N) is 2. The van der Waals surface area contributed by atoms with Crippen LogP contribution in [0.2, 0.25) is 0 Å². The standard InChI is InChI=1S/C14H24N4O/c1-4-18-7-5-6-11(9-18)15-14(19)13-8-12(10(2)3)16-17-13/h8,10-11H,4-7,9H2,1-3H3,(H,15,19)(H,16,17). The summed E-state index contributed by atoms with van der Waals surface area (Å²) in [5, 5.41) is 10.1. The van der Waals surface area contributed by atoms with E-state index in [0.717, 1.165) is 38.2 Å². The van der Waals surface area contributed by atoms with Crippen LogP contribution in [0.25, 0.3) is 0 Å². The minimum absolute atomic E-state index is 0.0638. The summed E-state index contributed by atoms with van der Waals surface area (Å²) in [6.45, 7) is 9.45. The number of aromatic amines is 1. The Hall–Kier alpha value is -1.36. The summed E-state index contributed by atoms with van der Waals surface area (Å²) >= 11 is 0. The molecule has 1 aromatic rings. The van der Waals surface area contributed by atoms with Gasteiger partial charge in [0, 0.05) is 18.3 Å². The van der Waals surface area contributed by atoms with Gasteiger partial charge in [-0.3, -0.25) is 9.89 Å². The zero-order valence-corrected chi connectivity index (χ0v) is 12.1. The van der Waals surface area contributed by atoms with Crippen molar-refractivity contribution in [2.24, 2.45) is 0 Å². The van der Waals surface area contributed by atoms with Crippen LogP contribution in [-0.4, -0.2) is 46.7 Å². The molecule has 1 unspecified atom stereocenters. The Morgan fingerprint density at radius 2 is 2.42 bits per heavy atom. The molecule has 1 aliphatic heterocycles. The Morgan fingerprint density at radius 1 is 1.63 bits per heavy atom. The van der Waals surface area contributed by atoms with Crippen molar-refractivity contribution in [3.05, 3.63) is 17.5 Å². The molecule has 2 rings (SSSR count). The highest BCUT2D eigenvalue weighted by Gasteiger charge is 2.22. The monoisotopic (exact) mass is 264 g/mol. The lowest BCUT2D eigenvalue weighted by molar-refractivity contribution is 0.0901. The van der Waals surface area contributed by atoms with E-state index in [4.69, 9.17) is 0 Å². The first-order valence-corrected chi connectivity index (χ1v) is 7.18. The maximum absolute atomic E-state index is 12.1. The second-order valence-electron chi connectivity index (χ2n) is 5.57. The first-order chi connectivity index (χ1) is 9.10. The number of aromatic nitrogens is 2. The van der Waals surface area contributed by atoms with Gasteiger partial charge < -0.3 is 10.2 Å². The second-order valence-corrected chi connectivity index (χ2v) is 5.57. The molecule has 1 fully saturated rings. The molecular weight excluding hydrogens is 240 g/mol. The van der Waals surface area contributed by atoms with Crippen molar-refractivity contribution in [2.45, 2.75) is 45.6 Å². The lowest BCUT2D eigenvalue weighted by Crippen LogP contribution is -2.47. The topological polar surface area (TPSA) is 61.0 Å². The van der Waals surface area contributed by atoms with E-state index in [1.807, 2.05) is 6.07 Å². The Bertz CT molecular complexity index is 427. The molecule has 1 amide bonds. The minimum atomic E-state index is -0.0638. The van der Waals surface area contributed by atoms with Gasteiger partial charge in [0.05, 0.1) is 0 Å². The molecule has 1 aliphatic rings. The van der Waals surface area contributed by atoms with Crippen molar-refractivity contribution in [3.8, 4) is 0 Å². The number of hydrogen-bond donors (Lipinski definition) is 2. The van der Waals surface area contributed by atoms with Crippen LogP contribution in [0.1, 0.15) is 55.7 Å². The number of H-pyrrole nitrogens is 1. The van der Waals surface area contributed by atoms with Crippen LogP contribution < -0.4 is 5.32 Å². The van der Waals surface area contributed by atoms with E-state index in [9.17, 15) is 4.79 Å². The van der Waals surface area contributed by atoms with Crippen LogP contribution in [0.3, 0.4) is 0 Å². The number of hydrogen-bond acceptors (Lipinski definition) is 3. The van der Waals surface area contributed by atoms with E-state index in [1.165, 1.54) is 0 Å². The number of rotatable bonds is 4. The lowest BCUT2D eigenvalue weighted by atomic mass is 10.1. The van der Waals surface area contributed by atoms with Crippen LogP contribution in [0.4, 0.5) is 0 Å². The predicted molar refractivity (Wildman–Crippen MR) is 75.3 cm³/mol. The van der Waals surface area contributed by atoms with Gasteiger partial charge in [-0.05, 0) is 37.9 Å². The Labute approximate surface area is 114 Å². The van der Waals surface area contributed by atoms with Crippen molar-refractivity contribution in [1.29, 1.82) is 0 Å². The molecule has 1 atom stereocenters. The Morgan fingerprint density at radius 3 is 3.05 bits per heavy atom. The number of likely N-dealkylation sites (tertiary alicyclic amines) is 1. The molecule has 19 heavy (non-hydrogen) atoms. The summed E-state index contributed by atoms with van der Waals surface area (Å²) < 4.78 is 0. The third kappa shape index (κ3) is 3.56. The number of carbonyl (C=O) groups is 1. The molecule has 106 valence electrons. The average Bonchev–Trinajstić information content (AvgIpc) is 2.89. The Kier molecular flexibility index (Phi) is 4.58. The predicted octanol–water partition coefficient (Wildman–Crippen LogP) is 1.75. The Balaban J connectivity index is 1.92. The van der Waals surface area contributed by atoms with Crippen molar-refractivity contribution in [3.63, 3.8) is 0 Å². The number of carbonyl (C=O) groups excluding carboxylic acids is 1. The van der Waals surface area contributed by atoms with Gasteiger partial charge in [-0.25, -0.2) is 0 Å². The highest BCUT2D eigenvalue weighted by molar-refractivity contribution is 5.92. The molecular formula is C14H24N4O. The number of likely N-dealkylation sites (N-methyl/N-ethyl adjacent to an activating group) is 1. The molecule has 0 saturated carbocycles. The summed E-state index contributed by atoms with van der Waals surface area (Å²) in [7, 11) is 0. The van der Waals surface area contributed by atoms with Gasteiger partial charge >= 0.3 is 0 Å². The molecule has 2 N–H and O–H groups in total. The fourth-order valence-electron chi connectivity index (χ4n) is 2.47. The van der Waals surface area contributed by atoms with Crippen molar-refractivity contribution >= 4 is 5.91 Å². The van der Waals surface area contributed by atoms with Gasteiger partial charge in [0.1, 0.15) is 5.69 Å². The zero-order valence-electron chi connectivity index (χ0n) is 12.1. The largest absolute Gasteiger partial charge is 0.347 e. The summed E-state index contributed by atoms with van der Waals surface area (Å²) in [5.41, 5.74) is 1.50. The normalized spacial score (nSPS) is 20.7. The molecule has 5 nitrogen and oxygen atoms in total. The molecule has 0 aromatic carbocycles. The lowest BCUT2D eigenvalue weighted by Gasteiger charge is -2.32. The zero-order chi connectivity index (χ0) is 13.8. The van der Waals surface area contributed by atoms with Gasteiger partial charge in [-0.1, -0.05) is 20.8 Å². The van der Waals surface area contributed by atoms with Crippen LogP contribution in [-0.2, 0) is 0 Å². The van der Waals surface area contributed by atoms with E-state index in [1.54, 1.807) is 0 Å². The smallest absolute Gasteiger partial charge is 0.272 e. The third-order valence-corrected chi connectivity index (χ3v) is 3.74. The van der Waals surface area contributed by atoms with E-state index in [2.05, 4.69) is 41.2 Å². The maximum Gasteiger partial charge on any atom is 0.272 e. The van der Waals surface area contributed by atoms with Gasteiger partial charge in [-0.15, -0.1) is 0 Å². The summed E-state index contributed by atoms with van der Waals surface area (Å²) in [6.07, 6.45) is 2.21. The van der Waals surface area contributed by atoms with Crippen LogP contribution in [0.15, 0.2) is 6.07 Å². The van der Waals surface area contributed by atoms with E-state index in [0.29, 0.717) is 11.6 Å². The SMILES string of the molecule is CCN1CCCC(NC(=O)c2cc(C(C)C)[nH]n2)C1. The summed E-state index contributed by atoms with van der Waals surface area (Å²) in [6, 6.07) is 2.10. The third-order valence-electron chi connectivity index (χ3n) is 3.74. The van der Waals surface area contributed by atoms with Crippen molar-refractivity contribution in [2.75, 3.05) is 19.6 Å². The molecule has 0 spiro atoms. The summed E-state index contributed by atoms with van der Waals surface area (Å²) in [5.74, 6) is 0.297. The first-order valence-electron chi connectivity index (χ1n) is 7.18. The maximum atomic E-state index is 12.1. The van der Waals surface area contributed by atoms with E-state index in [-0.39, 0.29) is 11.9 Å². The average molecular weight is 264 g/mol. The molecule has 1 aromatic heterocycles. The van der Waals surface area contributed by atoms with Gasteiger partial charge in [0.25, 0.3) is 5.91 Å². The van der Waals surface area contributed by atoms with Crippen LogP contribution >= 0.6 is 0 Å². The van der Waals surface area contributed by atoms with Crippen molar-refractivity contribution < 1.29 is 4.79 Å². The molecule has 0 radical (unpaired) electrons. The van der Waals surface area contributed by atoms with E-state index < -0.39 is 0 Å². The number of amides is 1. The molecule has 0 bridgehead atoms. The van der Waals surface area contributed by atoms with Gasteiger partial charge in [-0.2, -0.15) is 5.10 Å². The van der Waals surface area contributed by atoms with Crippen LogP contribution in [0.5, 0.6) is 0 Å². The number of piperidine rings is 1. The molecule has 1 saturated heterocycles. The highest BCUT2D eigenvalue weighted by Crippen LogP contribution is 2.13. The first kappa shape index (κ1) is 14.1. The molecule has 5 heteroatoms. The van der Waals surface area contributed by atoms with Gasteiger partial charge in [0.15, 0.2) is 0 Å². The quantitative estimate of drug-likeness (QED) is 0.871. The van der Waals surface area contributed by atoms with E-state index >= 15 is 0 Å². The minimum Gasteiger partial charge on any atom is -0.347 e. The molecule has 0 aliphatic carbocycles. The molecule has 2 heterocycles. The van der Waals surface area contributed by atoms with Crippen molar-refractivity contribution in [1.82, 2.24) is 20.4 Å². The van der Waals surface area contributed by atoms with Crippen LogP contribution in [0, 0.1) is 0 Å². The fourth-order valence-corrected chi connectivity index (χ4v) is 2.47. The highest BCUT2D eigenvalue weighted by atomic mass is 16.2. The second kappa shape index (κ2) is 6.19. The number of nitrogens with one attached hydrogen (secondary N) is 2. The fraction of sp³-hybridized carbons (Fsp3) is 0.714. The van der Waals surface area contributed by atoms with Gasteiger partial charge in [0.2, 0.25) is 0 Å².